The van der Waals surface area contributed by atoms with Crippen LogP contribution in [-0.4, -0.2) is 62.7 Å². The van der Waals surface area contributed by atoms with Gasteiger partial charge in [-0.3, -0.25) is 9.59 Å². The van der Waals surface area contributed by atoms with Crippen molar-refractivity contribution in [2.24, 2.45) is 11.8 Å². The van der Waals surface area contributed by atoms with Crippen LogP contribution < -0.4 is 10.6 Å². The number of hydrogen-bond donors (Lipinski definition) is 2. The predicted octanol–water partition coefficient (Wildman–Crippen LogP) is 0.377. The summed E-state index contributed by atoms with van der Waals surface area (Å²) in [6.45, 7) is 7.29. The van der Waals surface area contributed by atoms with Gasteiger partial charge in [-0.2, -0.15) is 0 Å². The summed E-state index contributed by atoms with van der Waals surface area (Å²) in [4.78, 5) is 25.8. The van der Waals surface area contributed by atoms with Crippen LogP contribution in [0.3, 0.4) is 0 Å². The Kier molecular flexibility index (Phi) is 7.12. The van der Waals surface area contributed by atoms with Crippen LogP contribution in [0.2, 0.25) is 0 Å². The van der Waals surface area contributed by atoms with E-state index in [2.05, 4.69) is 17.6 Å². The molecule has 22 heavy (non-hydrogen) atoms. The van der Waals surface area contributed by atoms with Gasteiger partial charge in [0.25, 0.3) is 0 Å². The van der Waals surface area contributed by atoms with Gasteiger partial charge in [0.15, 0.2) is 0 Å². The fourth-order valence-electron chi connectivity index (χ4n) is 3.22. The minimum atomic E-state index is 0.0702. The third kappa shape index (κ3) is 5.57. The maximum absolute atomic E-state index is 12.0. The van der Waals surface area contributed by atoms with Crippen molar-refractivity contribution in [3.8, 4) is 0 Å². The molecule has 2 fully saturated rings. The lowest BCUT2D eigenvalue weighted by molar-refractivity contribution is -0.135. The molecule has 2 saturated heterocycles. The minimum Gasteiger partial charge on any atom is -0.378 e. The minimum absolute atomic E-state index is 0.0702. The smallest absolute Gasteiger partial charge is 0.224 e. The molecule has 2 heterocycles. The largest absolute Gasteiger partial charge is 0.378 e. The van der Waals surface area contributed by atoms with E-state index < -0.39 is 0 Å². The van der Waals surface area contributed by atoms with Gasteiger partial charge in [-0.15, -0.1) is 0 Å². The maximum atomic E-state index is 12.0. The molecule has 0 aromatic carbocycles. The first kappa shape index (κ1) is 17.2. The third-order valence-electron chi connectivity index (χ3n) is 4.72. The van der Waals surface area contributed by atoms with Crippen LogP contribution in [0.25, 0.3) is 0 Å². The van der Waals surface area contributed by atoms with Crippen molar-refractivity contribution in [2.75, 3.05) is 45.9 Å². The molecule has 126 valence electrons. The van der Waals surface area contributed by atoms with Crippen LogP contribution in [0.5, 0.6) is 0 Å². The van der Waals surface area contributed by atoms with Crippen LogP contribution in [0, 0.1) is 11.8 Å². The molecule has 6 heteroatoms. The van der Waals surface area contributed by atoms with Gasteiger partial charge >= 0.3 is 0 Å². The summed E-state index contributed by atoms with van der Waals surface area (Å²) in [5.74, 6) is 1.23. The molecule has 0 aliphatic carbocycles. The summed E-state index contributed by atoms with van der Waals surface area (Å²) in [7, 11) is 0. The fourth-order valence-corrected chi connectivity index (χ4v) is 3.22. The quantitative estimate of drug-likeness (QED) is 0.744. The van der Waals surface area contributed by atoms with Gasteiger partial charge in [-0.1, -0.05) is 6.92 Å². The van der Waals surface area contributed by atoms with Crippen LogP contribution in [0.1, 0.15) is 32.6 Å². The molecule has 2 aliphatic heterocycles. The Hall–Kier alpha value is -1.14. The average molecular weight is 311 g/mol. The summed E-state index contributed by atoms with van der Waals surface area (Å²) < 4.78 is 5.23. The highest BCUT2D eigenvalue weighted by molar-refractivity contribution is 5.79. The normalized spacial score (nSPS) is 21.4. The van der Waals surface area contributed by atoms with Gasteiger partial charge in [-0.25, -0.2) is 0 Å². The topological polar surface area (TPSA) is 70.7 Å². The number of piperidine rings is 1. The van der Waals surface area contributed by atoms with Gasteiger partial charge in [0.05, 0.1) is 13.2 Å². The molecule has 2 rings (SSSR count). The molecular formula is C16H29N3O3. The molecular weight excluding hydrogens is 282 g/mol. The summed E-state index contributed by atoms with van der Waals surface area (Å²) in [5, 5.41) is 6.24. The molecule has 6 nitrogen and oxygen atoms in total. The molecule has 2 aliphatic rings. The number of morpholine rings is 1. The Morgan fingerprint density at radius 3 is 2.64 bits per heavy atom. The average Bonchev–Trinajstić information content (AvgIpc) is 2.56. The fraction of sp³-hybridized carbons (Fsp3) is 0.875. The Bertz CT molecular complexity index is 364. The van der Waals surface area contributed by atoms with Crippen LogP contribution in [0.4, 0.5) is 0 Å². The molecule has 0 spiro atoms. The lowest BCUT2D eigenvalue weighted by Gasteiger charge is -2.28. The van der Waals surface area contributed by atoms with Crippen molar-refractivity contribution in [1.82, 2.24) is 15.5 Å². The first-order valence-electron chi connectivity index (χ1n) is 8.49. The number of rotatable bonds is 6. The zero-order valence-electron chi connectivity index (χ0n) is 13.6. The van der Waals surface area contributed by atoms with Crippen molar-refractivity contribution in [1.29, 1.82) is 0 Å². The molecule has 1 atom stereocenters. The molecule has 0 saturated carbocycles. The summed E-state index contributed by atoms with van der Waals surface area (Å²) in [5.41, 5.74) is 0. The number of nitrogens with one attached hydrogen (secondary N) is 2. The van der Waals surface area contributed by atoms with E-state index in [0.29, 0.717) is 57.5 Å². The predicted molar refractivity (Wildman–Crippen MR) is 84.4 cm³/mol. The second kappa shape index (κ2) is 9.10. The van der Waals surface area contributed by atoms with Crippen molar-refractivity contribution < 1.29 is 14.3 Å². The van der Waals surface area contributed by atoms with Gasteiger partial charge in [0.2, 0.25) is 11.8 Å². The number of carbonyl (C=O) groups excluding carboxylic acids is 2. The number of hydrogen-bond acceptors (Lipinski definition) is 4. The van der Waals surface area contributed by atoms with E-state index in [1.54, 1.807) is 0 Å². The summed E-state index contributed by atoms with van der Waals surface area (Å²) in [6.07, 6.45) is 3.26. The second-order valence-electron chi connectivity index (χ2n) is 6.36. The first-order chi connectivity index (χ1) is 10.7. The molecule has 0 bridgehead atoms. The standard InChI is InChI=1S/C16H29N3O3/c1-13(14-2-5-17-6-3-14)12-15(20)18-7-4-16(21)19-8-10-22-11-9-19/h13-14,17H,2-12H2,1H3,(H,18,20). The molecule has 0 radical (unpaired) electrons. The van der Waals surface area contributed by atoms with Crippen LogP contribution >= 0.6 is 0 Å². The maximum Gasteiger partial charge on any atom is 0.224 e. The Balaban J connectivity index is 1.59. The highest BCUT2D eigenvalue weighted by Gasteiger charge is 2.22. The highest BCUT2D eigenvalue weighted by atomic mass is 16.5. The van der Waals surface area contributed by atoms with E-state index in [1.807, 2.05) is 4.90 Å². The summed E-state index contributed by atoms with van der Waals surface area (Å²) in [6, 6.07) is 0. The van der Waals surface area contributed by atoms with Crippen molar-refractivity contribution in [3.05, 3.63) is 0 Å². The zero-order chi connectivity index (χ0) is 15.8. The van der Waals surface area contributed by atoms with Gasteiger partial charge in [0.1, 0.15) is 0 Å². The molecule has 1 unspecified atom stereocenters. The third-order valence-corrected chi connectivity index (χ3v) is 4.72. The van der Waals surface area contributed by atoms with Gasteiger partial charge in [0, 0.05) is 32.5 Å². The SMILES string of the molecule is CC(CC(=O)NCCC(=O)N1CCOCC1)C1CCNCC1. The van der Waals surface area contributed by atoms with E-state index in [9.17, 15) is 9.59 Å². The number of ether oxygens (including phenoxy) is 1. The molecule has 2 amide bonds. The molecule has 0 aromatic heterocycles. The van der Waals surface area contributed by atoms with E-state index in [-0.39, 0.29) is 11.8 Å². The Morgan fingerprint density at radius 2 is 1.95 bits per heavy atom. The first-order valence-corrected chi connectivity index (χ1v) is 8.49. The van der Waals surface area contributed by atoms with Crippen molar-refractivity contribution in [3.63, 3.8) is 0 Å². The van der Waals surface area contributed by atoms with Crippen LogP contribution in [-0.2, 0) is 14.3 Å². The van der Waals surface area contributed by atoms with E-state index in [1.165, 1.54) is 0 Å². The molecule has 2 N–H and O–H groups in total. The van der Waals surface area contributed by atoms with Gasteiger partial charge < -0.3 is 20.3 Å². The Labute approximate surface area is 132 Å². The zero-order valence-corrected chi connectivity index (χ0v) is 13.6. The number of carbonyl (C=O) groups is 2. The summed E-state index contributed by atoms with van der Waals surface area (Å²) >= 11 is 0. The molecule has 0 aromatic rings. The monoisotopic (exact) mass is 311 g/mol. The van der Waals surface area contributed by atoms with Crippen molar-refractivity contribution in [2.45, 2.75) is 32.6 Å². The van der Waals surface area contributed by atoms with Crippen LogP contribution in [0.15, 0.2) is 0 Å². The highest BCUT2D eigenvalue weighted by Crippen LogP contribution is 2.24. The Morgan fingerprint density at radius 1 is 1.27 bits per heavy atom. The lowest BCUT2D eigenvalue weighted by Crippen LogP contribution is -2.42. The van der Waals surface area contributed by atoms with Gasteiger partial charge in [-0.05, 0) is 37.8 Å². The van der Waals surface area contributed by atoms with E-state index in [4.69, 9.17) is 4.74 Å². The second-order valence-corrected chi connectivity index (χ2v) is 6.36. The van der Waals surface area contributed by atoms with E-state index in [0.717, 1.165) is 25.9 Å². The van der Waals surface area contributed by atoms with E-state index >= 15 is 0 Å². The number of nitrogens with zero attached hydrogens (tertiary/aromatic N) is 1. The lowest BCUT2D eigenvalue weighted by atomic mass is 9.84. The van der Waals surface area contributed by atoms with Crippen molar-refractivity contribution >= 4 is 11.8 Å². The number of amides is 2.